The molecule has 0 spiro atoms. The lowest BCUT2D eigenvalue weighted by atomic mass is 9.85. The highest BCUT2D eigenvalue weighted by atomic mass is 31.2. The van der Waals surface area contributed by atoms with Crippen LogP contribution in [0.4, 0.5) is 4.79 Å². The Morgan fingerprint density at radius 3 is 1.87 bits per heavy atom. The van der Waals surface area contributed by atoms with Gasteiger partial charge in [-0.3, -0.25) is 33.0 Å². The minimum Gasteiger partial charge on any atom is -0.510 e. The number of aliphatic hydroxyl groups excluding tert-OH is 10. The van der Waals surface area contributed by atoms with Gasteiger partial charge in [0.15, 0.2) is 67.8 Å². The summed E-state index contributed by atoms with van der Waals surface area (Å²) in [7, 11) is -5.85. The summed E-state index contributed by atoms with van der Waals surface area (Å²) >= 11 is 0. The van der Waals surface area contributed by atoms with Gasteiger partial charge in [0, 0.05) is 26.7 Å². The molecule has 1 unspecified atom stereocenters. The molecule has 5 aliphatic heterocycles. The smallest absolute Gasteiger partial charge is 0.474 e. The number of carbonyl (C=O) groups is 7. The second kappa shape index (κ2) is 41.7. The van der Waals surface area contributed by atoms with Gasteiger partial charge in [-0.05, 0) is 91.9 Å². The monoisotopic (exact) mass is 1600 g/mol. The standard InChI is InChI=1S/C69H108N5O34P.H3N/c1-30(2)15-14-17-31(3)18-19-33(5)22-25-68(9,10)24-13-12-16-32(4)23-26-96-41(61(90)91)29-98-109(94,95)108-66-56(57(107-67(71)92)69(11,93)58(106-66)59(70)88)105-63-44(73-36(8)77)47(82)54(40(101-63)28-97-64-51(86)48(83)45(80)39(27-75)100-64)103-62-43(72-35(7)76)46(81)53(34(6)99-62)102-65-52(87)49(84)50(85)55(104-65)60(89)74-42-37(78)20-21-38(42)79;/h13,15,18,23-24,34,39-41,43-58,62-66,75,78,80-87,93H,5,12,14,16-17,19-22,25-29H2,1-4,6-11H3,(H2,70,88)(H2,71,92)(H,72,76)(H,73,77)(H,74,89)(H,90,91)(H,94,95);1H3/b24-13+,31-18+,32-23-;/t34-,39-,40-,41-,43-,44-,45-,46-,47-,48+,49+,50-,51-,52-,53-,54-,55+,56-,57-,58-,62+,63+,64-,65-,66-,69+;/m1./s1. The minimum atomic E-state index is -5.85. The van der Waals surface area contributed by atoms with Crippen LogP contribution in [0.2, 0.25) is 0 Å². The van der Waals surface area contributed by atoms with E-state index in [2.05, 4.69) is 75.4 Å². The Balaban J connectivity index is 0.0000217. The van der Waals surface area contributed by atoms with Gasteiger partial charge in [0.05, 0.1) is 32.5 Å². The summed E-state index contributed by atoms with van der Waals surface area (Å²) in [5.41, 5.74) is 12.0. The Kier molecular flexibility index (Phi) is 35.8. The molecule has 0 aromatic heterocycles. The van der Waals surface area contributed by atoms with Crippen LogP contribution in [0.25, 0.3) is 0 Å². The number of nitrogens with two attached hydrogens (primary N) is 2. The number of phosphoric ester groups is 1. The van der Waals surface area contributed by atoms with E-state index in [-0.39, 0.29) is 31.0 Å². The topological polar surface area (TPSA) is 643 Å². The molecule has 5 fully saturated rings. The fourth-order valence-corrected chi connectivity index (χ4v) is 13.5. The summed E-state index contributed by atoms with van der Waals surface area (Å²) in [4.78, 5) is 102. The van der Waals surface area contributed by atoms with Gasteiger partial charge in [-0.2, -0.15) is 0 Å². The van der Waals surface area contributed by atoms with Crippen molar-refractivity contribution in [2.45, 2.75) is 286 Å². The molecule has 5 heterocycles. The zero-order valence-electron chi connectivity index (χ0n) is 62.9. The first kappa shape index (κ1) is 94.4. The maximum absolute atomic E-state index is 14.1. The molecule has 40 nitrogen and oxygen atoms in total. The number of carboxylic acids is 1. The summed E-state index contributed by atoms with van der Waals surface area (Å²) in [6.45, 7) is 16.8. The molecule has 110 heavy (non-hydrogen) atoms. The van der Waals surface area contributed by atoms with Gasteiger partial charge < -0.3 is 152 Å². The lowest BCUT2D eigenvalue weighted by Gasteiger charge is -2.52. The third kappa shape index (κ3) is 25.9. The number of hydrogen-bond acceptors (Lipinski definition) is 33. The summed E-state index contributed by atoms with van der Waals surface area (Å²) < 4.78 is 88.9. The fourth-order valence-electron chi connectivity index (χ4n) is 12.6. The van der Waals surface area contributed by atoms with Crippen molar-refractivity contribution in [3.8, 4) is 0 Å². The number of phosphoric acid groups is 1. The summed E-state index contributed by atoms with van der Waals surface area (Å²) in [5, 5.41) is 139. The Morgan fingerprint density at radius 2 is 1.29 bits per heavy atom. The predicted molar refractivity (Wildman–Crippen MR) is 377 cm³/mol. The number of amides is 5. The van der Waals surface area contributed by atoms with Gasteiger partial charge in [0.25, 0.3) is 5.91 Å². The van der Waals surface area contributed by atoms with E-state index in [0.29, 0.717) is 12.8 Å². The SMILES string of the molecule is C=C(C/C=C(\C)CCC=C(C)C)CCC(C)(C)/C=C/CC/C(C)=C\CO[C@H](COP(=O)(O)O[C@H]1O[C@H](C(N)=O)[C@@](C)(O)[C@H](OC(N)=O)[C@H]1O[C@@H]1O[C@H](CO[C@@H]2O[C@H](CO)[C@@H](O)[C@H](O)[C@H]2O)[C@@H](O[C@@H]2O[C@H](C)[C@@H](O[C@@H]3O[C@H](C(=O)NC4=C(O)CCC4=O)[C@H](O)[C@H](O)[C@H]3O)[C@H](O)[C@H]2NC(C)=O)[C@H](O)[C@H]1NC(C)=O)C(=O)O.N. The molecule has 0 saturated carbocycles. The van der Waals surface area contributed by atoms with Crippen molar-refractivity contribution in [2.75, 3.05) is 26.4 Å². The van der Waals surface area contributed by atoms with Crippen LogP contribution in [0, 0.1) is 5.41 Å². The van der Waals surface area contributed by atoms with Gasteiger partial charge in [-0.1, -0.05) is 73.1 Å². The van der Waals surface area contributed by atoms with E-state index in [1.54, 1.807) is 13.0 Å². The summed E-state index contributed by atoms with van der Waals surface area (Å²) in [6.07, 6.45) is -35.4. The van der Waals surface area contributed by atoms with Crippen LogP contribution in [-0.2, 0) is 94.5 Å². The van der Waals surface area contributed by atoms with Crippen LogP contribution in [-0.4, -0.2) is 293 Å². The van der Waals surface area contributed by atoms with Gasteiger partial charge in [0.1, 0.15) is 102 Å². The van der Waals surface area contributed by atoms with Crippen LogP contribution in [0.1, 0.15) is 127 Å². The lowest BCUT2D eigenvalue weighted by molar-refractivity contribution is -0.375. The quantitative estimate of drug-likeness (QED) is 0.0239. The molecule has 6 aliphatic rings. The van der Waals surface area contributed by atoms with E-state index in [0.717, 1.165) is 64.0 Å². The molecule has 23 N–H and O–H groups in total. The van der Waals surface area contributed by atoms with Crippen molar-refractivity contribution in [1.29, 1.82) is 0 Å². The van der Waals surface area contributed by atoms with E-state index < -0.39 is 240 Å². The number of rotatable bonds is 37. The van der Waals surface area contributed by atoms with E-state index >= 15 is 0 Å². The van der Waals surface area contributed by atoms with E-state index in [9.17, 15) is 104 Å². The van der Waals surface area contributed by atoms with Crippen molar-refractivity contribution >= 4 is 49.3 Å². The summed E-state index contributed by atoms with van der Waals surface area (Å²) in [6, 6.07) is -4.00. The number of ether oxygens (including phenoxy) is 11. The molecular formula is C69H111N6O34P. The van der Waals surface area contributed by atoms with Gasteiger partial charge in [0.2, 0.25) is 17.7 Å². The number of aliphatic carboxylic acids is 1. The second-order valence-electron chi connectivity index (χ2n) is 28.9. The Morgan fingerprint density at radius 1 is 0.718 bits per heavy atom. The largest absolute Gasteiger partial charge is 0.510 e. The van der Waals surface area contributed by atoms with Crippen molar-refractivity contribution in [3.63, 3.8) is 0 Å². The molecule has 5 saturated heterocycles. The molecule has 27 atom stereocenters. The highest BCUT2D eigenvalue weighted by Gasteiger charge is 2.62. The summed E-state index contributed by atoms with van der Waals surface area (Å²) in [5.74, 6) is -7.66. The van der Waals surface area contributed by atoms with Crippen LogP contribution in [0.15, 0.2) is 70.7 Å². The third-order valence-corrected chi connectivity index (χ3v) is 19.9. The van der Waals surface area contributed by atoms with Crippen molar-refractivity contribution in [1.82, 2.24) is 22.1 Å². The van der Waals surface area contributed by atoms with Crippen LogP contribution in [0.5, 0.6) is 0 Å². The zero-order valence-corrected chi connectivity index (χ0v) is 63.8. The van der Waals surface area contributed by atoms with E-state index in [1.807, 2.05) is 6.08 Å². The molecule has 41 heteroatoms. The van der Waals surface area contributed by atoms with Crippen LogP contribution < -0.4 is 33.6 Å². The average molecular weight is 1600 g/mol. The normalized spacial score (nSPS) is 35.3. The highest BCUT2D eigenvalue weighted by molar-refractivity contribution is 7.47. The number of hydrogen-bond donors (Lipinski definition) is 19. The number of ketones is 1. The number of aliphatic hydroxyl groups is 11. The molecule has 6 rings (SSSR count). The van der Waals surface area contributed by atoms with Crippen molar-refractivity contribution in [2.24, 2.45) is 16.9 Å². The molecule has 0 aromatic carbocycles. The predicted octanol–water partition coefficient (Wildman–Crippen LogP) is -1.87. The number of primary amides is 2. The minimum absolute atomic E-state index is 0. The van der Waals surface area contributed by atoms with E-state index in [4.69, 9.17) is 72.6 Å². The maximum atomic E-state index is 14.1. The number of allylic oxidation sites excluding steroid dienone is 10. The Hall–Kier alpha value is -6.20. The Bertz CT molecular complexity index is 3370. The molecule has 1 aliphatic carbocycles. The molecular weight excluding hydrogens is 1490 g/mol. The third-order valence-electron chi connectivity index (χ3n) is 18.9. The lowest BCUT2D eigenvalue weighted by Crippen LogP contribution is -2.72. The molecule has 0 aromatic rings. The van der Waals surface area contributed by atoms with Gasteiger partial charge >= 0.3 is 19.9 Å². The van der Waals surface area contributed by atoms with Crippen molar-refractivity contribution in [3.05, 3.63) is 70.7 Å². The van der Waals surface area contributed by atoms with Crippen molar-refractivity contribution < 1.29 is 165 Å². The number of carboxylic acid groups (broad SMARTS) is 1. The first-order chi connectivity index (χ1) is 50.9. The number of nitrogens with one attached hydrogen (secondary N) is 3. The first-order valence-electron chi connectivity index (χ1n) is 35.4. The zero-order chi connectivity index (χ0) is 81.5. The van der Waals surface area contributed by atoms with E-state index in [1.165, 1.54) is 18.1 Å². The molecule has 0 radical (unpaired) electrons. The first-order valence-corrected chi connectivity index (χ1v) is 36.9. The number of carbonyl (C=O) groups excluding carboxylic acids is 6. The van der Waals surface area contributed by atoms with Gasteiger partial charge in [-0.15, -0.1) is 0 Å². The highest BCUT2D eigenvalue weighted by Crippen LogP contribution is 2.49. The number of Topliss-reactive ketones (excluding diaryl/α,β-unsaturated/α-hetero) is 1. The van der Waals surface area contributed by atoms with Gasteiger partial charge in [-0.25, -0.2) is 14.2 Å². The average Bonchev–Trinajstić information content (AvgIpc) is 1.40. The molecule has 5 amide bonds. The molecule has 626 valence electrons. The van der Waals surface area contributed by atoms with Crippen LogP contribution >= 0.6 is 7.82 Å². The molecule has 0 bridgehead atoms. The Labute approximate surface area is 634 Å². The fraction of sp³-hybridized carbons (Fsp3) is 0.725. The second-order valence-corrected chi connectivity index (χ2v) is 30.3. The maximum Gasteiger partial charge on any atom is 0.474 e. The van der Waals surface area contributed by atoms with Crippen LogP contribution in [0.3, 0.4) is 0 Å².